The van der Waals surface area contributed by atoms with Gasteiger partial charge >= 0.3 is 0 Å². The van der Waals surface area contributed by atoms with Crippen molar-refractivity contribution in [1.29, 1.82) is 0 Å². The Labute approximate surface area is 149 Å². The van der Waals surface area contributed by atoms with Crippen LogP contribution in [0.1, 0.15) is 16.1 Å². The first-order valence-corrected chi connectivity index (χ1v) is 8.13. The normalized spacial score (nSPS) is 12.1. The van der Waals surface area contributed by atoms with Crippen LogP contribution in [-0.2, 0) is 6.54 Å². The van der Waals surface area contributed by atoms with Crippen molar-refractivity contribution in [3.63, 3.8) is 0 Å². The Morgan fingerprint density at radius 2 is 1.96 bits per heavy atom. The van der Waals surface area contributed by atoms with Crippen LogP contribution in [0.25, 0.3) is 10.8 Å². The molecule has 26 heavy (non-hydrogen) atoms. The van der Waals surface area contributed by atoms with E-state index in [0.717, 1.165) is 10.2 Å². The Kier molecular flexibility index (Phi) is 4.99. The molecule has 0 saturated heterocycles. The minimum absolute atomic E-state index is 0.00741. The molecule has 0 radical (unpaired) electrons. The fourth-order valence-electron chi connectivity index (χ4n) is 2.69. The first kappa shape index (κ1) is 17.6. The fourth-order valence-corrected chi connectivity index (χ4v) is 2.69. The molecule has 7 heteroatoms. The van der Waals surface area contributed by atoms with Crippen molar-refractivity contribution in [2.45, 2.75) is 19.6 Å². The zero-order valence-corrected chi connectivity index (χ0v) is 14.3. The number of primary amides is 1. The van der Waals surface area contributed by atoms with Crippen LogP contribution < -0.4 is 16.0 Å². The van der Waals surface area contributed by atoms with Crippen LogP contribution in [0.2, 0.25) is 0 Å². The molecule has 7 nitrogen and oxygen atoms in total. The van der Waals surface area contributed by atoms with Crippen LogP contribution in [0.5, 0.6) is 5.75 Å². The summed E-state index contributed by atoms with van der Waals surface area (Å²) in [6.07, 6.45) is -0.984. The van der Waals surface area contributed by atoms with Gasteiger partial charge in [0.1, 0.15) is 18.5 Å². The first-order valence-electron chi connectivity index (χ1n) is 8.13. The summed E-state index contributed by atoms with van der Waals surface area (Å²) in [5.41, 5.74) is 6.00. The lowest BCUT2D eigenvalue weighted by Crippen LogP contribution is -2.34. The number of nitrogens with two attached hydrogens (primary N) is 1. The summed E-state index contributed by atoms with van der Waals surface area (Å²) in [6.45, 7) is 1.80. The topological polar surface area (TPSA) is 107 Å². The molecule has 0 bridgehead atoms. The number of hydrogen-bond donors (Lipinski definition) is 2. The Morgan fingerprint density at radius 1 is 1.23 bits per heavy atom. The molecule has 134 valence electrons. The molecule has 3 rings (SSSR count). The predicted octanol–water partition coefficient (Wildman–Crippen LogP) is 1.24. The lowest BCUT2D eigenvalue weighted by molar-refractivity contribution is 0.0871. The van der Waals surface area contributed by atoms with Crippen molar-refractivity contribution in [3.05, 3.63) is 70.1 Å². The van der Waals surface area contributed by atoms with E-state index >= 15 is 0 Å². The van der Waals surface area contributed by atoms with Gasteiger partial charge in [-0.3, -0.25) is 9.59 Å². The Balaban J connectivity index is 1.83. The summed E-state index contributed by atoms with van der Waals surface area (Å²) in [5.74, 6) is -0.110. The highest BCUT2D eigenvalue weighted by Gasteiger charge is 2.16. The monoisotopic (exact) mass is 353 g/mol. The van der Waals surface area contributed by atoms with Crippen molar-refractivity contribution in [3.8, 4) is 5.75 Å². The van der Waals surface area contributed by atoms with Gasteiger partial charge in [-0.25, -0.2) is 4.68 Å². The van der Waals surface area contributed by atoms with Gasteiger partial charge in [-0.05, 0) is 30.7 Å². The molecule has 0 aliphatic heterocycles. The summed E-state index contributed by atoms with van der Waals surface area (Å²) in [4.78, 5) is 24.2. The molecule has 0 fully saturated rings. The third-order valence-corrected chi connectivity index (χ3v) is 3.92. The molecule has 0 aliphatic rings. The van der Waals surface area contributed by atoms with Crippen LogP contribution in [0.4, 0.5) is 0 Å². The third kappa shape index (κ3) is 3.73. The number of rotatable bonds is 6. The van der Waals surface area contributed by atoms with E-state index in [0.29, 0.717) is 16.5 Å². The number of fused-ring (bicyclic) bond motifs is 1. The molecule has 1 aromatic heterocycles. The molecule has 1 amide bonds. The summed E-state index contributed by atoms with van der Waals surface area (Å²) in [5, 5.41) is 15.0. The second-order valence-electron chi connectivity index (χ2n) is 6.03. The predicted molar refractivity (Wildman–Crippen MR) is 97.2 cm³/mol. The van der Waals surface area contributed by atoms with E-state index in [1.165, 1.54) is 0 Å². The van der Waals surface area contributed by atoms with Crippen molar-refractivity contribution in [1.82, 2.24) is 9.78 Å². The van der Waals surface area contributed by atoms with Crippen molar-refractivity contribution >= 4 is 16.7 Å². The lowest BCUT2D eigenvalue weighted by atomic mass is 10.1. The van der Waals surface area contributed by atoms with E-state index in [-0.39, 0.29) is 18.8 Å². The van der Waals surface area contributed by atoms with Crippen molar-refractivity contribution < 1.29 is 14.6 Å². The van der Waals surface area contributed by atoms with Gasteiger partial charge in [-0.2, -0.15) is 5.10 Å². The molecule has 0 spiro atoms. The molecule has 3 aromatic rings. The summed E-state index contributed by atoms with van der Waals surface area (Å²) in [6, 6.07) is 14.0. The number of nitrogens with zero attached hydrogens (tertiary/aromatic N) is 2. The van der Waals surface area contributed by atoms with E-state index < -0.39 is 17.6 Å². The number of aliphatic hydroxyl groups is 1. The zero-order chi connectivity index (χ0) is 18.7. The van der Waals surface area contributed by atoms with Crippen LogP contribution in [0.3, 0.4) is 0 Å². The molecule has 1 unspecified atom stereocenters. The van der Waals surface area contributed by atoms with Gasteiger partial charge in [0.2, 0.25) is 0 Å². The van der Waals surface area contributed by atoms with Gasteiger partial charge in [-0.1, -0.05) is 30.3 Å². The maximum absolute atomic E-state index is 12.6. The minimum Gasteiger partial charge on any atom is -0.491 e. The van der Waals surface area contributed by atoms with Gasteiger partial charge in [0.25, 0.3) is 11.5 Å². The Morgan fingerprint density at radius 3 is 2.65 bits per heavy atom. The Bertz CT molecular complexity index is 1010. The van der Waals surface area contributed by atoms with E-state index in [2.05, 4.69) is 5.10 Å². The van der Waals surface area contributed by atoms with Gasteiger partial charge < -0.3 is 15.6 Å². The molecule has 2 aromatic carbocycles. The second kappa shape index (κ2) is 7.37. The smallest absolute Gasteiger partial charge is 0.274 e. The number of aromatic nitrogens is 2. The number of amides is 1. The van der Waals surface area contributed by atoms with E-state index in [9.17, 15) is 14.7 Å². The molecular weight excluding hydrogens is 334 g/mol. The second-order valence-corrected chi connectivity index (χ2v) is 6.03. The number of benzene rings is 2. The quantitative estimate of drug-likeness (QED) is 0.693. The van der Waals surface area contributed by atoms with E-state index in [1.807, 2.05) is 25.1 Å². The largest absolute Gasteiger partial charge is 0.491 e. The van der Waals surface area contributed by atoms with Crippen LogP contribution >= 0.6 is 0 Å². The SMILES string of the molecule is Cc1cccc(OCC(O)Cn2nc(C(N)=O)c3ccccc3c2=O)c1. The lowest BCUT2D eigenvalue weighted by Gasteiger charge is -2.15. The van der Waals surface area contributed by atoms with Gasteiger partial charge in [0, 0.05) is 5.39 Å². The highest BCUT2D eigenvalue weighted by atomic mass is 16.5. The number of hydrogen-bond acceptors (Lipinski definition) is 5. The van der Waals surface area contributed by atoms with Crippen LogP contribution in [0.15, 0.2) is 53.3 Å². The number of carbonyl (C=O) groups excluding carboxylic acids is 1. The van der Waals surface area contributed by atoms with E-state index in [4.69, 9.17) is 10.5 Å². The van der Waals surface area contributed by atoms with Gasteiger partial charge in [0.05, 0.1) is 11.9 Å². The highest BCUT2D eigenvalue weighted by molar-refractivity contribution is 6.03. The van der Waals surface area contributed by atoms with Crippen LogP contribution in [-0.4, -0.2) is 33.5 Å². The standard InChI is InChI=1S/C19H19N3O4/c1-12-5-4-6-14(9-12)26-11-13(23)10-22-19(25)16-8-3-2-7-15(16)17(21-22)18(20)24/h2-9,13,23H,10-11H2,1H3,(H2,20,24). The summed E-state index contributed by atoms with van der Waals surface area (Å²) in [7, 11) is 0. The van der Waals surface area contributed by atoms with Gasteiger partial charge in [-0.15, -0.1) is 0 Å². The molecule has 3 N–H and O–H groups in total. The molecule has 0 aliphatic carbocycles. The molecular formula is C19H19N3O4. The van der Waals surface area contributed by atoms with Crippen molar-refractivity contribution in [2.75, 3.05) is 6.61 Å². The number of aryl methyl sites for hydroxylation is 1. The highest BCUT2D eigenvalue weighted by Crippen LogP contribution is 2.14. The number of aliphatic hydroxyl groups excluding tert-OH is 1. The summed E-state index contributed by atoms with van der Waals surface area (Å²) < 4.78 is 6.59. The van der Waals surface area contributed by atoms with Crippen LogP contribution in [0, 0.1) is 6.92 Å². The zero-order valence-electron chi connectivity index (χ0n) is 14.3. The van der Waals surface area contributed by atoms with Gasteiger partial charge in [0.15, 0.2) is 5.69 Å². The maximum Gasteiger partial charge on any atom is 0.274 e. The molecule has 1 heterocycles. The maximum atomic E-state index is 12.6. The van der Waals surface area contributed by atoms with E-state index in [1.54, 1.807) is 30.3 Å². The Hall–Kier alpha value is -3.19. The average Bonchev–Trinajstić information content (AvgIpc) is 2.62. The third-order valence-electron chi connectivity index (χ3n) is 3.92. The first-order chi connectivity index (χ1) is 12.5. The number of carbonyl (C=O) groups is 1. The summed E-state index contributed by atoms with van der Waals surface area (Å²) >= 11 is 0. The number of ether oxygens (including phenoxy) is 1. The average molecular weight is 353 g/mol. The minimum atomic E-state index is -0.984. The molecule has 0 saturated carbocycles. The van der Waals surface area contributed by atoms with Crippen molar-refractivity contribution in [2.24, 2.45) is 5.73 Å². The molecule has 1 atom stereocenters. The fraction of sp³-hybridized carbons (Fsp3) is 0.211.